The summed E-state index contributed by atoms with van der Waals surface area (Å²) in [5.74, 6) is 0.943. The van der Waals surface area contributed by atoms with Crippen LogP contribution in [0, 0.1) is 11.3 Å². The maximum absolute atomic E-state index is 8.64. The predicted molar refractivity (Wildman–Crippen MR) is 94.0 cm³/mol. The van der Waals surface area contributed by atoms with Crippen LogP contribution in [-0.4, -0.2) is 31.4 Å². The molecule has 1 saturated carbocycles. The van der Waals surface area contributed by atoms with Gasteiger partial charge >= 0.3 is 0 Å². The normalized spacial score (nSPS) is 25.1. The van der Waals surface area contributed by atoms with Crippen LogP contribution in [0.5, 0.6) is 5.75 Å². The molecule has 0 atom stereocenters. The van der Waals surface area contributed by atoms with E-state index in [1.807, 2.05) is 12.1 Å². The van der Waals surface area contributed by atoms with Gasteiger partial charge in [0.2, 0.25) is 0 Å². The van der Waals surface area contributed by atoms with E-state index in [-0.39, 0.29) is 0 Å². The van der Waals surface area contributed by atoms with Crippen molar-refractivity contribution in [3.05, 3.63) is 29.8 Å². The third-order valence-electron chi connectivity index (χ3n) is 5.04. The Hall–Kier alpha value is -1.57. The Morgan fingerprint density at radius 1 is 0.917 bits per heavy atom. The van der Waals surface area contributed by atoms with E-state index in [2.05, 4.69) is 23.5 Å². The first-order chi connectivity index (χ1) is 11.8. The molecule has 2 aliphatic rings. The lowest BCUT2D eigenvalue weighted by atomic mass is 9.94. The lowest BCUT2D eigenvalue weighted by Gasteiger charge is -2.33. The van der Waals surface area contributed by atoms with E-state index in [9.17, 15) is 0 Å². The Morgan fingerprint density at radius 3 is 2.21 bits per heavy atom. The van der Waals surface area contributed by atoms with E-state index >= 15 is 0 Å². The summed E-state index contributed by atoms with van der Waals surface area (Å²) in [6.07, 6.45) is 9.22. The second kappa shape index (κ2) is 9.05. The van der Waals surface area contributed by atoms with Crippen LogP contribution in [0.15, 0.2) is 24.3 Å². The standard InChI is InChI=1S/C20H28N2O2/c21-13-1-2-16-3-5-17(6-4-16)23-18-7-9-19(10-8-18)24-20-11-14-22-15-12-20/h3-6,18-20,22H,1-2,7-12,14-15H2. The molecule has 1 heterocycles. The first-order valence-corrected chi connectivity index (χ1v) is 9.32. The van der Waals surface area contributed by atoms with Gasteiger partial charge in [0, 0.05) is 6.42 Å². The van der Waals surface area contributed by atoms with Crippen molar-refractivity contribution in [3.8, 4) is 11.8 Å². The van der Waals surface area contributed by atoms with E-state index < -0.39 is 0 Å². The molecule has 1 N–H and O–H groups in total. The monoisotopic (exact) mass is 328 g/mol. The van der Waals surface area contributed by atoms with E-state index in [1.54, 1.807) is 0 Å². The van der Waals surface area contributed by atoms with E-state index in [1.165, 1.54) is 5.56 Å². The summed E-state index contributed by atoms with van der Waals surface area (Å²) in [6, 6.07) is 10.4. The number of piperidine rings is 1. The lowest BCUT2D eigenvalue weighted by molar-refractivity contribution is -0.0548. The molecule has 0 radical (unpaired) electrons. The summed E-state index contributed by atoms with van der Waals surface area (Å²) in [7, 11) is 0. The van der Waals surface area contributed by atoms with Gasteiger partial charge in [-0.2, -0.15) is 5.26 Å². The van der Waals surface area contributed by atoms with Gasteiger partial charge in [-0.25, -0.2) is 0 Å². The van der Waals surface area contributed by atoms with Crippen LogP contribution < -0.4 is 10.1 Å². The molecule has 130 valence electrons. The zero-order valence-electron chi connectivity index (χ0n) is 14.4. The zero-order chi connectivity index (χ0) is 16.6. The second-order valence-electron chi connectivity index (χ2n) is 6.90. The van der Waals surface area contributed by atoms with Crippen molar-refractivity contribution in [2.45, 2.75) is 69.7 Å². The summed E-state index contributed by atoms with van der Waals surface area (Å²) in [6.45, 7) is 2.18. The van der Waals surface area contributed by atoms with Crippen molar-refractivity contribution in [3.63, 3.8) is 0 Å². The van der Waals surface area contributed by atoms with E-state index in [0.29, 0.717) is 24.7 Å². The average molecular weight is 328 g/mol. The van der Waals surface area contributed by atoms with E-state index in [4.69, 9.17) is 14.7 Å². The lowest BCUT2D eigenvalue weighted by Crippen LogP contribution is -2.37. The Morgan fingerprint density at radius 2 is 1.54 bits per heavy atom. The topological polar surface area (TPSA) is 54.3 Å². The molecule has 4 heteroatoms. The largest absolute Gasteiger partial charge is 0.490 e. The number of nitrogens with zero attached hydrogens (tertiary/aromatic N) is 1. The highest BCUT2D eigenvalue weighted by Crippen LogP contribution is 2.27. The van der Waals surface area contributed by atoms with Gasteiger partial charge in [-0.05, 0) is 75.7 Å². The molecular weight excluding hydrogens is 300 g/mol. The van der Waals surface area contributed by atoms with Gasteiger partial charge in [0.25, 0.3) is 0 Å². The minimum atomic E-state index is 0.308. The first-order valence-electron chi connectivity index (χ1n) is 9.32. The highest BCUT2D eigenvalue weighted by molar-refractivity contribution is 5.27. The molecule has 0 amide bonds. The van der Waals surface area contributed by atoms with Crippen LogP contribution in [0.4, 0.5) is 0 Å². The SMILES string of the molecule is N#CCCc1ccc(OC2CCC(OC3CCNCC3)CC2)cc1. The van der Waals surface area contributed by atoms with Crippen LogP contribution in [0.2, 0.25) is 0 Å². The Kier molecular flexibility index (Phi) is 6.51. The number of ether oxygens (including phenoxy) is 2. The van der Waals surface area contributed by atoms with Crippen molar-refractivity contribution < 1.29 is 9.47 Å². The molecule has 0 aromatic heterocycles. The fourth-order valence-electron chi connectivity index (χ4n) is 3.62. The number of rotatable bonds is 6. The minimum absolute atomic E-state index is 0.308. The molecule has 2 fully saturated rings. The molecule has 1 saturated heterocycles. The van der Waals surface area contributed by atoms with Crippen molar-refractivity contribution in [1.82, 2.24) is 5.32 Å². The molecular formula is C20H28N2O2. The molecule has 24 heavy (non-hydrogen) atoms. The molecule has 1 aromatic carbocycles. The molecule has 0 spiro atoms. The van der Waals surface area contributed by atoms with Crippen LogP contribution in [0.1, 0.15) is 50.5 Å². The highest BCUT2D eigenvalue weighted by atomic mass is 16.5. The smallest absolute Gasteiger partial charge is 0.119 e. The molecule has 1 aliphatic heterocycles. The Bertz CT molecular complexity index is 524. The molecule has 0 unspecified atom stereocenters. The third kappa shape index (κ3) is 5.22. The van der Waals surface area contributed by atoms with Gasteiger partial charge in [0.1, 0.15) is 5.75 Å². The quantitative estimate of drug-likeness (QED) is 0.867. The number of benzene rings is 1. The van der Waals surface area contributed by atoms with Gasteiger partial charge in [0.05, 0.1) is 24.4 Å². The van der Waals surface area contributed by atoms with Crippen molar-refractivity contribution in [2.24, 2.45) is 0 Å². The maximum Gasteiger partial charge on any atom is 0.119 e. The fraction of sp³-hybridized carbons (Fsp3) is 0.650. The van der Waals surface area contributed by atoms with Crippen LogP contribution in [0.25, 0.3) is 0 Å². The summed E-state index contributed by atoms with van der Waals surface area (Å²) in [5.41, 5.74) is 1.20. The summed E-state index contributed by atoms with van der Waals surface area (Å²) >= 11 is 0. The van der Waals surface area contributed by atoms with Crippen LogP contribution in [-0.2, 0) is 11.2 Å². The number of hydrogen-bond donors (Lipinski definition) is 1. The molecule has 3 rings (SSSR count). The summed E-state index contributed by atoms with van der Waals surface area (Å²) < 4.78 is 12.4. The maximum atomic E-state index is 8.64. The predicted octanol–water partition coefficient (Wildman–Crippen LogP) is 3.60. The van der Waals surface area contributed by atoms with E-state index in [0.717, 1.165) is 63.8 Å². The van der Waals surface area contributed by atoms with Gasteiger partial charge < -0.3 is 14.8 Å². The van der Waals surface area contributed by atoms with Crippen LogP contribution in [0.3, 0.4) is 0 Å². The van der Waals surface area contributed by atoms with Gasteiger partial charge in [0.15, 0.2) is 0 Å². The van der Waals surface area contributed by atoms with Gasteiger partial charge in [-0.1, -0.05) is 12.1 Å². The molecule has 1 aliphatic carbocycles. The third-order valence-corrected chi connectivity index (χ3v) is 5.04. The molecule has 0 bridgehead atoms. The molecule has 4 nitrogen and oxygen atoms in total. The second-order valence-corrected chi connectivity index (χ2v) is 6.90. The Balaban J connectivity index is 1.39. The Labute approximate surface area is 145 Å². The fourth-order valence-corrected chi connectivity index (χ4v) is 3.62. The van der Waals surface area contributed by atoms with Gasteiger partial charge in [-0.3, -0.25) is 0 Å². The number of aryl methyl sites for hydroxylation is 1. The average Bonchev–Trinajstić information content (AvgIpc) is 2.64. The van der Waals surface area contributed by atoms with Crippen LogP contribution >= 0.6 is 0 Å². The van der Waals surface area contributed by atoms with Crippen molar-refractivity contribution in [2.75, 3.05) is 13.1 Å². The number of hydrogen-bond acceptors (Lipinski definition) is 4. The first kappa shape index (κ1) is 17.3. The van der Waals surface area contributed by atoms with Crippen molar-refractivity contribution in [1.29, 1.82) is 5.26 Å². The minimum Gasteiger partial charge on any atom is -0.490 e. The number of nitrogens with one attached hydrogen (secondary N) is 1. The summed E-state index contributed by atoms with van der Waals surface area (Å²) in [5, 5.41) is 12.0. The zero-order valence-corrected chi connectivity index (χ0v) is 14.4. The summed E-state index contributed by atoms with van der Waals surface area (Å²) in [4.78, 5) is 0. The van der Waals surface area contributed by atoms with Gasteiger partial charge in [-0.15, -0.1) is 0 Å². The molecule has 1 aromatic rings. The van der Waals surface area contributed by atoms with Crippen molar-refractivity contribution >= 4 is 0 Å². The highest BCUT2D eigenvalue weighted by Gasteiger charge is 2.26. The number of nitriles is 1.